The van der Waals surface area contributed by atoms with Crippen LogP contribution in [0.25, 0.3) is 0 Å². The van der Waals surface area contributed by atoms with E-state index in [4.69, 9.17) is 18.9 Å². The van der Waals surface area contributed by atoms with Crippen LogP contribution in [0, 0.1) is 11.3 Å². The zero-order valence-corrected chi connectivity index (χ0v) is 28.1. The SMILES string of the molecule is CCOC(=O)[C@@H]1[C@@H](C(C)(C)C)[C@H](OCc2cc(C(F)(F)F)cnc2OC)[C@H](c2cccc(C(C)(C)C)c2)N1C(=O)[C@H]1CCCCO1. The standard InChI is InChI=1S/C35H47F3N2O6/c1-9-44-32(42)28-26(34(5,6)7)29(46-20-22-18-24(35(36,37)38)19-39-30(22)43-8)27(21-13-12-14-23(17-21)33(2,3)4)40(28)31(41)25-15-10-11-16-45-25/h12-14,17-19,25-29H,9-11,15-16,20H2,1-8H3/t25-,26-,27+,28+,29+/m1/s1. The molecule has 11 heteroatoms. The van der Waals surface area contributed by atoms with E-state index in [0.717, 1.165) is 36.2 Å². The highest BCUT2D eigenvalue weighted by Gasteiger charge is 2.60. The third-order valence-electron chi connectivity index (χ3n) is 8.81. The molecule has 0 radical (unpaired) electrons. The molecule has 4 rings (SSSR count). The van der Waals surface area contributed by atoms with Crippen molar-refractivity contribution in [2.75, 3.05) is 20.3 Å². The van der Waals surface area contributed by atoms with Gasteiger partial charge in [0.1, 0.15) is 12.1 Å². The summed E-state index contributed by atoms with van der Waals surface area (Å²) in [5.74, 6) is -1.50. The molecule has 2 aromatic rings. The molecule has 2 saturated heterocycles. The fourth-order valence-corrected chi connectivity index (χ4v) is 6.57. The highest BCUT2D eigenvalue weighted by atomic mass is 19.4. The molecule has 1 amide bonds. The summed E-state index contributed by atoms with van der Waals surface area (Å²) in [5.41, 5.74) is 0.0852. The summed E-state index contributed by atoms with van der Waals surface area (Å²) >= 11 is 0. The lowest BCUT2D eigenvalue weighted by Gasteiger charge is -2.36. The van der Waals surface area contributed by atoms with E-state index in [1.807, 2.05) is 45.0 Å². The predicted molar refractivity (Wildman–Crippen MR) is 166 cm³/mol. The van der Waals surface area contributed by atoms with E-state index in [-0.39, 0.29) is 36.0 Å². The smallest absolute Gasteiger partial charge is 0.417 e. The number of ether oxygens (including phenoxy) is 4. The number of aromatic nitrogens is 1. The number of hydrogen-bond donors (Lipinski definition) is 0. The van der Waals surface area contributed by atoms with E-state index in [0.29, 0.717) is 13.0 Å². The number of alkyl halides is 3. The number of halogens is 3. The molecule has 0 N–H and O–H groups in total. The largest absolute Gasteiger partial charge is 0.481 e. The molecule has 0 bridgehead atoms. The number of carbonyl (C=O) groups excluding carboxylic acids is 2. The topological polar surface area (TPSA) is 87.2 Å². The number of likely N-dealkylation sites (tertiary alicyclic amines) is 1. The Balaban J connectivity index is 1.91. The molecule has 0 unspecified atom stereocenters. The quantitative estimate of drug-likeness (QED) is 0.284. The van der Waals surface area contributed by atoms with Crippen LogP contribution in [0.15, 0.2) is 36.5 Å². The Hall–Kier alpha value is -3.18. The maximum absolute atomic E-state index is 14.5. The van der Waals surface area contributed by atoms with Crippen molar-refractivity contribution in [1.29, 1.82) is 0 Å². The second-order valence-corrected chi connectivity index (χ2v) is 14.2. The highest BCUT2D eigenvalue weighted by molar-refractivity contribution is 5.89. The summed E-state index contributed by atoms with van der Waals surface area (Å²) in [6.07, 6.45) is -3.31. The number of esters is 1. The normalized spacial score (nSPS) is 24.2. The zero-order valence-electron chi connectivity index (χ0n) is 28.1. The fourth-order valence-electron chi connectivity index (χ4n) is 6.57. The van der Waals surface area contributed by atoms with Gasteiger partial charge < -0.3 is 23.8 Å². The average molecular weight is 649 g/mol. The van der Waals surface area contributed by atoms with Gasteiger partial charge in [0.25, 0.3) is 5.91 Å². The third-order valence-corrected chi connectivity index (χ3v) is 8.81. The Bertz CT molecular complexity index is 1380. The minimum atomic E-state index is -4.62. The summed E-state index contributed by atoms with van der Waals surface area (Å²) in [4.78, 5) is 33.9. The van der Waals surface area contributed by atoms with Gasteiger partial charge in [-0.3, -0.25) is 4.79 Å². The summed E-state index contributed by atoms with van der Waals surface area (Å²) in [7, 11) is 1.33. The number of benzene rings is 1. The molecule has 2 aliphatic rings. The first-order chi connectivity index (χ1) is 21.5. The van der Waals surface area contributed by atoms with Gasteiger partial charge in [-0.2, -0.15) is 13.2 Å². The lowest BCUT2D eigenvalue weighted by atomic mass is 9.73. The Labute approximate surface area is 269 Å². The van der Waals surface area contributed by atoms with Crippen LogP contribution < -0.4 is 4.74 Å². The Morgan fingerprint density at radius 1 is 1.04 bits per heavy atom. The molecule has 254 valence electrons. The number of carbonyl (C=O) groups is 2. The molecule has 8 nitrogen and oxygen atoms in total. The van der Waals surface area contributed by atoms with Crippen LogP contribution in [-0.2, 0) is 42.0 Å². The number of amides is 1. The van der Waals surface area contributed by atoms with Crippen LogP contribution in [0.5, 0.6) is 5.88 Å². The van der Waals surface area contributed by atoms with Crippen LogP contribution in [0.1, 0.15) is 96.0 Å². The second kappa shape index (κ2) is 13.9. The Morgan fingerprint density at radius 2 is 1.76 bits per heavy atom. The van der Waals surface area contributed by atoms with Crippen molar-refractivity contribution >= 4 is 11.9 Å². The summed E-state index contributed by atoms with van der Waals surface area (Å²) in [6, 6.07) is 6.99. The van der Waals surface area contributed by atoms with Gasteiger partial charge in [-0.1, -0.05) is 65.8 Å². The monoisotopic (exact) mass is 648 g/mol. The molecule has 5 atom stereocenters. The molecule has 1 aromatic carbocycles. The van der Waals surface area contributed by atoms with Gasteiger partial charge in [0, 0.05) is 24.3 Å². The van der Waals surface area contributed by atoms with Crippen molar-refractivity contribution in [2.24, 2.45) is 11.3 Å². The number of hydrogen-bond acceptors (Lipinski definition) is 7. The molecule has 2 fully saturated rings. The fraction of sp³-hybridized carbons (Fsp3) is 0.629. The zero-order chi connectivity index (χ0) is 34.0. The summed E-state index contributed by atoms with van der Waals surface area (Å²) in [5, 5.41) is 0. The number of pyridine rings is 1. The van der Waals surface area contributed by atoms with Gasteiger partial charge in [-0.15, -0.1) is 0 Å². The van der Waals surface area contributed by atoms with Crippen LogP contribution >= 0.6 is 0 Å². The maximum atomic E-state index is 14.5. The molecular formula is C35H47F3N2O6. The third kappa shape index (κ3) is 7.68. The number of rotatable bonds is 8. The molecule has 46 heavy (non-hydrogen) atoms. The van der Waals surface area contributed by atoms with Crippen molar-refractivity contribution in [3.63, 3.8) is 0 Å². The van der Waals surface area contributed by atoms with Crippen molar-refractivity contribution in [2.45, 2.75) is 110 Å². The Morgan fingerprint density at radius 3 is 2.33 bits per heavy atom. The van der Waals surface area contributed by atoms with Gasteiger partial charge >= 0.3 is 12.1 Å². The van der Waals surface area contributed by atoms with E-state index >= 15 is 0 Å². The van der Waals surface area contributed by atoms with Crippen molar-refractivity contribution in [3.8, 4) is 5.88 Å². The summed E-state index contributed by atoms with van der Waals surface area (Å²) < 4.78 is 64.5. The van der Waals surface area contributed by atoms with Crippen LogP contribution in [-0.4, -0.2) is 60.3 Å². The van der Waals surface area contributed by atoms with E-state index in [9.17, 15) is 22.8 Å². The van der Waals surface area contributed by atoms with E-state index < -0.39 is 53.3 Å². The molecule has 0 aliphatic carbocycles. The first-order valence-corrected chi connectivity index (χ1v) is 15.9. The minimum absolute atomic E-state index is 0.00457. The van der Waals surface area contributed by atoms with Crippen molar-refractivity contribution < 1.29 is 41.7 Å². The van der Waals surface area contributed by atoms with Crippen LogP contribution in [0.2, 0.25) is 0 Å². The average Bonchev–Trinajstić information content (AvgIpc) is 3.35. The molecule has 3 heterocycles. The van der Waals surface area contributed by atoms with Crippen molar-refractivity contribution in [3.05, 3.63) is 58.8 Å². The van der Waals surface area contributed by atoms with Gasteiger partial charge in [0.05, 0.1) is 38.0 Å². The lowest BCUT2D eigenvalue weighted by Crippen LogP contribution is -2.51. The minimum Gasteiger partial charge on any atom is -0.481 e. The maximum Gasteiger partial charge on any atom is 0.417 e. The predicted octanol–water partition coefficient (Wildman–Crippen LogP) is 7.04. The van der Waals surface area contributed by atoms with Gasteiger partial charge in [-0.25, -0.2) is 9.78 Å². The first kappa shape index (κ1) is 35.7. The number of methoxy groups -OCH3 is 1. The molecular weight excluding hydrogens is 601 g/mol. The molecule has 1 aromatic heterocycles. The molecule has 0 spiro atoms. The second-order valence-electron chi connectivity index (χ2n) is 14.2. The van der Waals surface area contributed by atoms with E-state index in [1.54, 1.807) is 11.8 Å². The number of nitrogens with zero attached hydrogens (tertiary/aromatic N) is 2. The van der Waals surface area contributed by atoms with Crippen LogP contribution in [0.3, 0.4) is 0 Å². The van der Waals surface area contributed by atoms with E-state index in [1.165, 1.54) is 7.11 Å². The molecule has 0 saturated carbocycles. The highest BCUT2D eigenvalue weighted by Crippen LogP contribution is 2.51. The van der Waals surface area contributed by atoms with Crippen LogP contribution in [0.4, 0.5) is 13.2 Å². The van der Waals surface area contributed by atoms with Crippen molar-refractivity contribution in [1.82, 2.24) is 9.88 Å². The molecule has 2 aliphatic heterocycles. The lowest BCUT2D eigenvalue weighted by molar-refractivity contribution is -0.162. The summed E-state index contributed by atoms with van der Waals surface area (Å²) in [6.45, 7) is 14.1. The first-order valence-electron chi connectivity index (χ1n) is 15.9. The Kier molecular flexibility index (Phi) is 10.8. The van der Waals surface area contributed by atoms with Gasteiger partial charge in [-0.05, 0) is 54.2 Å². The van der Waals surface area contributed by atoms with Gasteiger partial charge in [0.2, 0.25) is 5.88 Å². The van der Waals surface area contributed by atoms with E-state index in [2.05, 4.69) is 25.8 Å². The van der Waals surface area contributed by atoms with Gasteiger partial charge in [0.15, 0.2) is 0 Å².